The molecule has 0 fully saturated rings. The molecule has 7 nitrogen and oxygen atoms in total. The zero-order valence-corrected chi connectivity index (χ0v) is 13.8. The number of aromatic nitrogens is 2. The lowest BCUT2D eigenvalue weighted by Gasteiger charge is -2.18. The molecule has 0 aliphatic heterocycles. The van der Waals surface area contributed by atoms with Gasteiger partial charge in [-0.1, -0.05) is 0 Å². The van der Waals surface area contributed by atoms with Crippen LogP contribution in [0.25, 0.3) is 0 Å². The van der Waals surface area contributed by atoms with Crippen molar-refractivity contribution in [2.75, 3.05) is 21.3 Å². The summed E-state index contributed by atoms with van der Waals surface area (Å²) in [5.41, 5.74) is 0.801. The molecule has 2 aromatic rings. The predicted molar refractivity (Wildman–Crippen MR) is 81.4 cm³/mol. The van der Waals surface area contributed by atoms with Gasteiger partial charge in [-0.3, -0.25) is 4.68 Å². The Labute approximate surface area is 130 Å². The van der Waals surface area contributed by atoms with Gasteiger partial charge >= 0.3 is 0 Å². The van der Waals surface area contributed by atoms with Gasteiger partial charge in [-0.2, -0.15) is 9.40 Å². The lowest BCUT2D eigenvalue weighted by molar-refractivity contribution is 0.388. The Hall–Kier alpha value is -2.06. The third-order valence-corrected chi connectivity index (χ3v) is 5.05. The van der Waals surface area contributed by atoms with Crippen molar-refractivity contribution in [1.29, 1.82) is 0 Å². The molecule has 2 rings (SSSR count). The van der Waals surface area contributed by atoms with Crippen LogP contribution in [0.3, 0.4) is 0 Å². The van der Waals surface area contributed by atoms with Gasteiger partial charge in [-0.25, -0.2) is 8.42 Å². The van der Waals surface area contributed by atoms with Crippen LogP contribution in [0.5, 0.6) is 11.5 Å². The molecule has 0 saturated heterocycles. The fraction of sp³-hybridized carbons (Fsp3) is 0.357. The standard InChI is InChI=1S/C14H19N3O4S/c1-16-9-11(8-15-16)10-17(2)22(18,19)14-7-12(20-3)5-6-13(14)21-4/h5-9H,10H2,1-4H3. The maximum atomic E-state index is 12.8. The van der Waals surface area contributed by atoms with Crippen molar-refractivity contribution in [2.24, 2.45) is 7.05 Å². The molecule has 0 aliphatic carbocycles. The fourth-order valence-electron chi connectivity index (χ4n) is 2.05. The molecule has 0 radical (unpaired) electrons. The van der Waals surface area contributed by atoms with Crippen molar-refractivity contribution in [1.82, 2.24) is 14.1 Å². The summed E-state index contributed by atoms with van der Waals surface area (Å²) in [6.07, 6.45) is 3.41. The Morgan fingerprint density at radius 3 is 2.55 bits per heavy atom. The van der Waals surface area contributed by atoms with Crippen molar-refractivity contribution >= 4 is 10.0 Å². The van der Waals surface area contributed by atoms with Crippen LogP contribution in [-0.2, 0) is 23.6 Å². The van der Waals surface area contributed by atoms with E-state index in [2.05, 4.69) is 5.10 Å². The van der Waals surface area contributed by atoms with E-state index in [1.807, 2.05) is 0 Å². The second-order valence-electron chi connectivity index (χ2n) is 4.80. The van der Waals surface area contributed by atoms with E-state index >= 15 is 0 Å². The number of aryl methyl sites for hydroxylation is 1. The summed E-state index contributed by atoms with van der Waals surface area (Å²) in [6, 6.07) is 4.68. The Morgan fingerprint density at radius 2 is 2.00 bits per heavy atom. The Bertz CT molecular complexity index is 755. The summed E-state index contributed by atoms with van der Waals surface area (Å²) in [7, 11) is 2.50. The van der Waals surface area contributed by atoms with E-state index in [1.54, 1.807) is 36.3 Å². The first-order chi connectivity index (χ1) is 10.4. The molecule has 8 heteroatoms. The van der Waals surface area contributed by atoms with Crippen LogP contribution in [0.1, 0.15) is 5.56 Å². The highest BCUT2D eigenvalue weighted by molar-refractivity contribution is 7.89. The molecule has 1 aromatic heterocycles. The van der Waals surface area contributed by atoms with Gasteiger partial charge in [0.2, 0.25) is 10.0 Å². The predicted octanol–water partition coefficient (Wildman–Crippen LogP) is 1.26. The summed E-state index contributed by atoms with van der Waals surface area (Å²) in [5.74, 6) is 0.730. The number of benzene rings is 1. The number of methoxy groups -OCH3 is 2. The lowest BCUT2D eigenvalue weighted by Crippen LogP contribution is -2.26. The second-order valence-corrected chi connectivity index (χ2v) is 6.81. The number of nitrogens with zero attached hydrogens (tertiary/aromatic N) is 3. The first-order valence-corrected chi connectivity index (χ1v) is 7.98. The Morgan fingerprint density at radius 1 is 1.27 bits per heavy atom. The molecule has 0 atom stereocenters. The van der Waals surface area contributed by atoms with Gasteiger partial charge in [0.1, 0.15) is 16.4 Å². The normalized spacial score (nSPS) is 11.7. The highest BCUT2D eigenvalue weighted by Crippen LogP contribution is 2.30. The van der Waals surface area contributed by atoms with E-state index in [1.165, 1.54) is 31.6 Å². The number of hydrogen-bond donors (Lipinski definition) is 0. The van der Waals surface area contributed by atoms with Gasteiger partial charge in [0, 0.05) is 38.5 Å². The van der Waals surface area contributed by atoms with Crippen LogP contribution >= 0.6 is 0 Å². The van der Waals surface area contributed by atoms with E-state index in [0.29, 0.717) is 5.75 Å². The van der Waals surface area contributed by atoms with E-state index in [4.69, 9.17) is 9.47 Å². The van der Waals surface area contributed by atoms with Crippen molar-refractivity contribution in [3.8, 4) is 11.5 Å². The minimum atomic E-state index is -3.71. The fourth-order valence-corrected chi connectivity index (χ4v) is 3.37. The Balaban J connectivity index is 2.36. The zero-order valence-electron chi connectivity index (χ0n) is 13.0. The van der Waals surface area contributed by atoms with Gasteiger partial charge in [0.25, 0.3) is 0 Å². The summed E-state index contributed by atoms with van der Waals surface area (Å²) in [6.45, 7) is 0.219. The molecule has 0 amide bonds. The molecular formula is C14H19N3O4S. The minimum absolute atomic E-state index is 0.0701. The summed E-state index contributed by atoms with van der Waals surface area (Å²) in [4.78, 5) is 0.0701. The minimum Gasteiger partial charge on any atom is -0.497 e. The first kappa shape index (κ1) is 16.3. The third-order valence-electron chi connectivity index (χ3n) is 3.22. The summed E-state index contributed by atoms with van der Waals surface area (Å²) >= 11 is 0. The van der Waals surface area contributed by atoms with E-state index in [0.717, 1.165) is 5.56 Å². The van der Waals surface area contributed by atoms with E-state index < -0.39 is 10.0 Å². The van der Waals surface area contributed by atoms with Crippen LogP contribution in [-0.4, -0.2) is 43.8 Å². The molecule has 0 N–H and O–H groups in total. The van der Waals surface area contributed by atoms with E-state index in [9.17, 15) is 8.42 Å². The highest BCUT2D eigenvalue weighted by Gasteiger charge is 2.26. The maximum Gasteiger partial charge on any atom is 0.246 e. The largest absolute Gasteiger partial charge is 0.497 e. The molecule has 0 unspecified atom stereocenters. The van der Waals surface area contributed by atoms with Gasteiger partial charge in [0.05, 0.1) is 20.4 Å². The van der Waals surface area contributed by atoms with Crippen LogP contribution in [0, 0.1) is 0 Å². The SMILES string of the molecule is COc1ccc(OC)c(S(=O)(=O)N(C)Cc2cnn(C)c2)c1. The summed E-state index contributed by atoms with van der Waals surface area (Å²) in [5, 5.41) is 4.04. The summed E-state index contributed by atoms with van der Waals surface area (Å²) < 4.78 is 38.6. The van der Waals surface area contributed by atoms with Crippen LogP contribution in [0.2, 0.25) is 0 Å². The molecule has 1 heterocycles. The van der Waals surface area contributed by atoms with E-state index in [-0.39, 0.29) is 17.2 Å². The topological polar surface area (TPSA) is 73.7 Å². The number of ether oxygens (including phenoxy) is 2. The van der Waals surface area contributed by atoms with Gasteiger partial charge in [0.15, 0.2) is 0 Å². The number of rotatable bonds is 6. The lowest BCUT2D eigenvalue weighted by atomic mass is 10.3. The van der Waals surface area contributed by atoms with Crippen LogP contribution in [0.4, 0.5) is 0 Å². The molecule has 0 bridgehead atoms. The zero-order chi connectivity index (χ0) is 16.3. The quantitative estimate of drug-likeness (QED) is 0.799. The maximum absolute atomic E-state index is 12.8. The average Bonchev–Trinajstić information content (AvgIpc) is 2.91. The average molecular weight is 325 g/mol. The highest BCUT2D eigenvalue weighted by atomic mass is 32.2. The van der Waals surface area contributed by atoms with Gasteiger partial charge in [-0.15, -0.1) is 0 Å². The monoisotopic (exact) mass is 325 g/mol. The van der Waals surface area contributed by atoms with Crippen molar-refractivity contribution in [3.05, 3.63) is 36.2 Å². The van der Waals surface area contributed by atoms with Crippen molar-refractivity contribution < 1.29 is 17.9 Å². The van der Waals surface area contributed by atoms with Crippen LogP contribution in [0.15, 0.2) is 35.5 Å². The molecule has 0 aliphatic rings. The molecule has 22 heavy (non-hydrogen) atoms. The van der Waals surface area contributed by atoms with Crippen molar-refractivity contribution in [2.45, 2.75) is 11.4 Å². The molecule has 1 aromatic carbocycles. The third kappa shape index (κ3) is 3.23. The molecular weight excluding hydrogens is 306 g/mol. The smallest absolute Gasteiger partial charge is 0.246 e. The number of sulfonamides is 1. The van der Waals surface area contributed by atoms with Gasteiger partial charge < -0.3 is 9.47 Å². The van der Waals surface area contributed by atoms with Crippen LogP contribution < -0.4 is 9.47 Å². The molecule has 0 saturated carbocycles. The Kier molecular flexibility index (Phi) is 4.72. The molecule has 0 spiro atoms. The molecule has 120 valence electrons. The first-order valence-electron chi connectivity index (χ1n) is 6.54. The van der Waals surface area contributed by atoms with Crippen molar-refractivity contribution in [3.63, 3.8) is 0 Å². The van der Waals surface area contributed by atoms with Gasteiger partial charge in [-0.05, 0) is 12.1 Å². The number of hydrogen-bond acceptors (Lipinski definition) is 5. The second kappa shape index (κ2) is 6.37.